The molecule has 1 aromatic heterocycles. The first-order valence-electron chi connectivity index (χ1n) is 13.3. The van der Waals surface area contributed by atoms with E-state index in [1.54, 1.807) is 24.3 Å². The van der Waals surface area contributed by atoms with Crippen molar-refractivity contribution in [2.75, 3.05) is 20.1 Å². The van der Waals surface area contributed by atoms with Gasteiger partial charge < -0.3 is 14.8 Å². The Bertz CT molecular complexity index is 1230. The van der Waals surface area contributed by atoms with Gasteiger partial charge in [-0.05, 0) is 49.8 Å². The first-order chi connectivity index (χ1) is 17.9. The second-order valence-electron chi connectivity index (χ2n) is 10.5. The third-order valence-electron chi connectivity index (χ3n) is 8.23. The number of halogens is 1. The van der Waals surface area contributed by atoms with Crippen molar-refractivity contribution in [3.63, 3.8) is 0 Å². The maximum atomic E-state index is 14.2. The predicted octanol–water partition coefficient (Wildman–Crippen LogP) is 4.46. The molecule has 2 aromatic carbocycles. The Balaban J connectivity index is 1.23. The lowest BCUT2D eigenvalue weighted by atomic mass is 9.95. The highest BCUT2D eigenvalue weighted by molar-refractivity contribution is 5.78. The molecule has 3 aromatic rings. The highest BCUT2D eigenvalue weighted by Gasteiger charge is 2.41. The SMILES string of the molecule is CC(=O)N(C)CCC(=O)N[C@@H](CCN1C2CCC1CC(n1cnc3c(F)cccc31)C2)c1ccccc1. The lowest BCUT2D eigenvalue weighted by Crippen LogP contribution is -2.44. The molecule has 1 N–H and O–H groups in total. The molecule has 37 heavy (non-hydrogen) atoms. The van der Waals surface area contributed by atoms with Crippen LogP contribution in [0.1, 0.15) is 63.1 Å². The molecule has 2 aliphatic heterocycles. The molecule has 2 aliphatic rings. The number of benzene rings is 2. The van der Waals surface area contributed by atoms with Gasteiger partial charge in [-0.3, -0.25) is 14.5 Å². The Morgan fingerprint density at radius 2 is 1.81 bits per heavy atom. The van der Waals surface area contributed by atoms with Gasteiger partial charge in [0.25, 0.3) is 0 Å². The largest absolute Gasteiger partial charge is 0.349 e. The molecule has 2 unspecified atom stereocenters. The number of fused-ring (bicyclic) bond motifs is 3. The highest BCUT2D eigenvalue weighted by Crippen LogP contribution is 2.42. The summed E-state index contributed by atoms with van der Waals surface area (Å²) in [5.74, 6) is -0.346. The van der Waals surface area contributed by atoms with Crippen LogP contribution in [0.25, 0.3) is 11.0 Å². The van der Waals surface area contributed by atoms with Crippen molar-refractivity contribution in [2.24, 2.45) is 0 Å². The third kappa shape index (κ3) is 5.54. The van der Waals surface area contributed by atoms with Gasteiger partial charge in [-0.15, -0.1) is 0 Å². The van der Waals surface area contributed by atoms with Crippen molar-refractivity contribution in [2.45, 2.75) is 69.6 Å². The first kappa shape index (κ1) is 25.4. The molecule has 2 fully saturated rings. The number of aromatic nitrogens is 2. The zero-order chi connectivity index (χ0) is 25.9. The normalized spacial score (nSPS) is 22.2. The van der Waals surface area contributed by atoms with E-state index in [0.29, 0.717) is 30.2 Å². The summed E-state index contributed by atoms with van der Waals surface area (Å²) >= 11 is 0. The quantitative estimate of drug-likeness (QED) is 0.466. The molecule has 0 radical (unpaired) electrons. The van der Waals surface area contributed by atoms with E-state index in [0.717, 1.165) is 36.9 Å². The van der Waals surface area contributed by atoms with E-state index < -0.39 is 0 Å². The molecule has 0 aliphatic carbocycles. The van der Waals surface area contributed by atoms with Crippen molar-refractivity contribution in [3.05, 3.63) is 66.2 Å². The standard InChI is InChI=1S/C29H36FN5O2/c1-20(36)33(2)15-14-28(37)32-26(21-7-4-3-5-8-21)13-16-34-22-11-12-23(34)18-24(17-22)35-19-31-29-25(30)9-6-10-27(29)35/h3-10,19,22-24,26H,11-18H2,1-2H3,(H,32,37)/t22?,23?,24?,26-/m0/s1. The highest BCUT2D eigenvalue weighted by atomic mass is 19.1. The van der Waals surface area contributed by atoms with Crippen molar-refractivity contribution >= 4 is 22.8 Å². The predicted molar refractivity (Wildman–Crippen MR) is 141 cm³/mol. The molecule has 2 bridgehead atoms. The van der Waals surface area contributed by atoms with Crippen LogP contribution in [-0.2, 0) is 9.59 Å². The van der Waals surface area contributed by atoms with E-state index in [1.165, 1.54) is 25.8 Å². The average Bonchev–Trinajstić information content (AvgIpc) is 3.43. The van der Waals surface area contributed by atoms with E-state index in [1.807, 2.05) is 24.3 Å². The van der Waals surface area contributed by atoms with Gasteiger partial charge in [0, 0.05) is 51.6 Å². The molecule has 5 rings (SSSR count). The zero-order valence-corrected chi connectivity index (χ0v) is 21.6. The topological polar surface area (TPSA) is 70.5 Å². The summed E-state index contributed by atoms with van der Waals surface area (Å²) in [4.78, 5) is 32.8. The summed E-state index contributed by atoms with van der Waals surface area (Å²) in [5, 5.41) is 3.22. The molecule has 2 saturated heterocycles. The number of nitrogens with zero attached hydrogens (tertiary/aromatic N) is 4. The molecular formula is C29H36FN5O2. The first-order valence-corrected chi connectivity index (χ1v) is 13.3. The number of carbonyl (C=O) groups excluding carboxylic acids is 2. The summed E-state index contributed by atoms with van der Waals surface area (Å²) in [5.41, 5.74) is 2.43. The summed E-state index contributed by atoms with van der Waals surface area (Å²) in [6.07, 6.45) is 7.31. The van der Waals surface area contributed by atoms with Gasteiger partial charge >= 0.3 is 0 Å². The molecule has 3 heterocycles. The van der Waals surface area contributed by atoms with Crippen molar-refractivity contribution in [1.82, 2.24) is 24.7 Å². The summed E-state index contributed by atoms with van der Waals surface area (Å²) in [6.45, 7) is 2.83. The average molecular weight is 506 g/mol. The molecular weight excluding hydrogens is 469 g/mol. The number of nitrogens with one attached hydrogen (secondary N) is 1. The van der Waals surface area contributed by atoms with Crippen LogP contribution in [0.2, 0.25) is 0 Å². The number of rotatable bonds is 9. The number of para-hydroxylation sites is 1. The van der Waals surface area contributed by atoms with Gasteiger partial charge in [-0.1, -0.05) is 36.4 Å². The number of hydrogen-bond donors (Lipinski definition) is 1. The van der Waals surface area contributed by atoms with Crippen LogP contribution in [0.5, 0.6) is 0 Å². The summed E-state index contributed by atoms with van der Waals surface area (Å²) in [6, 6.07) is 16.5. The summed E-state index contributed by atoms with van der Waals surface area (Å²) < 4.78 is 16.4. The molecule has 3 atom stereocenters. The number of hydrogen-bond acceptors (Lipinski definition) is 4. The minimum absolute atomic E-state index is 0.0390. The monoisotopic (exact) mass is 505 g/mol. The minimum atomic E-state index is -0.265. The van der Waals surface area contributed by atoms with Gasteiger partial charge in [-0.2, -0.15) is 0 Å². The van der Waals surface area contributed by atoms with Crippen LogP contribution in [-0.4, -0.2) is 63.4 Å². The second-order valence-corrected chi connectivity index (χ2v) is 10.5. The Kier molecular flexibility index (Phi) is 7.55. The summed E-state index contributed by atoms with van der Waals surface area (Å²) in [7, 11) is 1.72. The number of imidazole rings is 1. The number of amides is 2. The van der Waals surface area contributed by atoms with E-state index in [4.69, 9.17) is 0 Å². The van der Waals surface area contributed by atoms with Crippen molar-refractivity contribution in [3.8, 4) is 0 Å². The van der Waals surface area contributed by atoms with Crippen LogP contribution in [0, 0.1) is 5.82 Å². The smallest absolute Gasteiger partial charge is 0.222 e. The van der Waals surface area contributed by atoms with Crippen molar-refractivity contribution in [1.29, 1.82) is 0 Å². The zero-order valence-electron chi connectivity index (χ0n) is 21.6. The Hall–Kier alpha value is -3.26. The molecule has 8 heteroatoms. The third-order valence-corrected chi connectivity index (χ3v) is 8.23. The number of piperidine rings is 1. The molecule has 7 nitrogen and oxygen atoms in total. The van der Waals surface area contributed by atoms with Gasteiger partial charge in [0.2, 0.25) is 11.8 Å². The Labute approximate surface area is 217 Å². The van der Waals surface area contributed by atoms with Gasteiger partial charge in [0.05, 0.1) is 17.9 Å². The molecule has 196 valence electrons. The molecule has 2 amide bonds. The van der Waals surface area contributed by atoms with E-state index in [2.05, 4.69) is 31.9 Å². The van der Waals surface area contributed by atoms with Crippen LogP contribution in [0.15, 0.2) is 54.9 Å². The van der Waals surface area contributed by atoms with E-state index in [9.17, 15) is 14.0 Å². The fraction of sp³-hybridized carbons (Fsp3) is 0.483. The maximum absolute atomic E-state index is 14.2. The Morgan fingerprint density at radius 3 is 2.51 bits per heavy atom. The molecule has 0 spiro atoms. The van der Waals surface area contributed by atoms with Gasteiger partial charge in [-0.25, -0.2) is 9.37 Å². The minimum Gasteiger partial charge on any atom is -0.349 e. The number of carbonyl (C=O) groups is 2. The fourth-order valence-corrected chi connectivity index (χ4v) is 6.13. The van der Waals surface area contributed by atoms with Crippen LogP contribution < -0.4 is 5.32 Å². The lowest BCUT2D eigenvalue weighted by molar-refractivity contribution is -0.128. The van der Waals surface area contributed by atoms with Crippen LogP contribution >= 0.6 is 0 Å². The van der Waals surface area contributed by atoms with Gasteiger partial charge in [0.1, 0.15) is 5.52 Å². The van der Waals surface area contributed by atoms with Crippen LogP contribution in [0.3, 0.4) is 0 Å². The van der Waals surface area contributed by atoms with Crippen LogP contribution in [0.4, 0.5) is 4.39 Å². The van der Waals surface area contributed by atoms with Gasteiger partial charge in [0.15, 0.2) is 5.82 Å². The Morgan fingerprint density at radius 1 is 1.08 bits per heavy atom. The van der Waals surface area contributed by atoms with E-state index in [-0.39, 0.29) is 30.1 Å². The lowest BCUT2D eigenvalue weighted by Gasteiger charge is -2.40. The maximum Gasteiger partial charge on any atom is 0.222 e. The fourth-order valence-electron chi connectivity index (χ4n) is 6.13. The second kappa shape index (κ2) is 11.0. The van der Waals surface area contributed by atoms with E-state index >= 15 is 0 Å². The van der Waals surface area contributed by atoms with Crippen molar-refractivity contribution < 1.29 is 14.0 Å². The molecule has 0 saturated carbocycles.